The van der Waals surface area contributed by atoms with Crippen LogP contribution >= 0.6 is 0 Å². The Kier molecular flexibility index (Phi) is 10.2. The van der Waals surface area contributed by atoms with E-state index in [-0.39, 0.29) is 24.5 Å². The van der Waals surface area contributed by atoms with Gasteiger partial charge in [-0.15, -0.1) is 0 Å². The zero-order chi connectivity index (χ0) is 17.6. The van der Waals surface area contributed by atoms with E-state index in [0.717, 1.165) is 24.8 Å². The minimum absolute atomic E-state index is 0.200. The van der Waals surface area contributed by atoms with Crippen LogP contribution in [0.3, 0.4) is 0 Å². The van der Waals surface area contributed by atoms with Gasteiger partial charge in [-0.3, -0.25) is 4.79 Å². The number of rotatable bonds is 12. The molecular weight excluding hydrogens is 306 g/mol. The molecule has 0 atom stereocenters. The maximum atomic E-state index is 12.2. The first-order valence-corrected chi connectivity index (χ1v) is 8.54. The van der Waals surface area contributed by atoms with Gasteiger partial charge in [-0.05, 0) is 12.0 Å². The molecule has 0 aromatic heterocycles. The molecule has 0 radical (unpaired) electrons. The maximum Gasteiger partial charge on any atom is 0.363 e. The summed E-state index contributed by atoms with van der Waals surface area (Å²) < 4.78 is 4.63. The van der Waals surface area contributed by atoms with Crippen LogP contribution in [-0.2, 0) is 25.8 Å². The van der Waals surface area contributed by atoms with Crippen LogP contribution in [0.25, 0.3) is 0 Å². The van der Waals surface area contributed by atoms with E-state index < -0.39 is 5.97 Å². The molecule has 0 amide bonds. The fourth-order valence-corrected chi connectivity index (χ4v) is 2.23. The smallest absolute Gasteiger partial charge is 0.363 e. The lowest BCUT2D eigenvalue weighted by atomic mass is 10.1. The minimum atomic E-state index is -0.751. The fourth-order valence-electron chi connectivity index (χ4n) is 2.23. The van der Waals surface area contributed by atoms with Crippen LogP contribution in [0.2, 0.25) is 0 Å². The van der Waals surface area contributed by atoms with Crippen molar-refractivity contribution < 1.29 is 19.2 Å². The van der Waals surface area contributed by atoms with Crippen molar-refractivity contribution in [3.05, 3.63) is 35.9 Å². The lowest BCUT2D eigenvalue weighted by Crippen LogP contribution is -2.25. The molecule has 1 aromatic carbocycles. The first-order valence-electron chi connectivity index (χ1n) is 8.54. The van der Waals surface area contributed by atoms with Crippen LogP contribution in [-0.4, -0.2) is 24.6 Å². The molecule has 0 aliphatic rings. The summed E-state index contributed by atoms with van der Waals surface area (Å²) in [5.41, 5.74) is 0.649. The van der Waals surface area contributed by atoms with E-state index in [9.17, 15) is 9.59 Å². The van der Waals surface area contributed by atoms with Gasteiger partial charge in [0.25, 0.3) is 0 Å². The van der Waals surface area contributed by atoms with Crippen molar-refractivity contribution in [1.82, 2.24) is 0 Å². The zero-order valence-electron chi connectivity index (χ0n) is 14.6. The quantitative estimate of drug-likeness (QED) is 0.190. The van der Waals surface area contributed by atoms with E-state index >= 15 is 0 Å². The normalized spacial score (nSPS) is 11.2. The van der Waals surface area contributed by atoms with E-state index in [2.05, 4.69) is 16.8 Å². The predicted octanol–water partition coefficient (Wildman–Crippen LogP) is 4.05. The van der Waals surface area contributed by atoms with Gasteiger partial charge in [-0.2, -0.15) is 0 Å². The number of esters is 1. The summed E-state index contributed by atoms with van der Waals surface area (Å²) in [6.45, 7) is 2.36. The Morgan fingerprint density at radius 1 is 1.00 bits per heavy atom. The van der Waals surface area contributed by atoms with E-state index in [4.69, 9.17) is 4.84 Å². The number of benzene rings is 1. The third kappa shape index (κ3) is 7.90. The van der Waals surface area contributed by atoms with Crippen LogP contribution in [0.5, 0.6) is 0 Å². The molecule has 0 bridgehead atoms. The highest BCUT2D eigenvalue weighted by molar-refractivity contribution is 6.64. The van der Waals surface area contributed by atoms with E-state index in [1.165, 1.54) is 26.4 Å². The second-order valence-corrected chi connectivity index (χ2v) is 5.63. The minimum Gasteiger partial charge on any atom is -0.464 e. The van der Waals surface area contributed by atoms with E-state index in [0.29, 0.717) is 0 Å². The number of carbonyl (C=O) groups is 2. The van der Waals surface area contributed by atoms with Crippen molar-refractivity contribution in [3.63, 3.8) is 0 Å². The van der Waals surface area contributed by atoms with Gasteiger partial charge in [-0.25, -0.2) is 4.79 Å². The molecule has 0 fully saturated rings. The lowest BCUT2D eigenvalue weighted by Gasteiger charge is -2.05. The molecule has 0 spiro atoms. The highest BCUT2D eigenvalue weighted by Crippen LogP contribution is 2.08. The summed E-state index contributed by atoms with van der Waals surface area (Å²) in [6, 6.07) is 9.42. The van der Waals surface area contributed by atoms with Crippen LogP contribution in [0, 0.1) is 0 Å². The lowest BCUT2D eigenvalue weighted by molar-refractivity contribution is -0.133. The number of oxime groups is 1. The molecule has 5 heteroatoms. The molecule has 0 unspecified atom stereocenters. The predicted molar refractivity (Wildman–Crippen MR) is 93.7 cm³/mol. The van der Waals surface area contributed by atoms with Crippen molar-refractivity contribution in [2.75, 3.05) is 7.11 Å². The van der Waals surface area contributed by atoms with Gasteiger partial charge in [0.15, 0.2) is 5.78 Å². The highest BCUT2D eigenvalue weighted by atomic mass is 16.6. The Labute approximate surface area is 144 Å². The van der Waals surface area contributed by atoms with Gasteiger partial charge in [0.2, 0.25) is 5.71 Å². The number of ketones is 1. The first-order chi connectivity index (χ1) is 11.7. The third-order valence-electron chi connectivity index (χ3n) is 3.63. The van der Waals surface area contributed by atoms with Gasteiger partial charge in [-0.1, -0.05) is 74.5 Å². The van der Waals surface area contributed by atoms with Crippen LogP contribution in [0.1, 0.15) is 57.4 Å². The van der Waals surface area contributed by atoms with Gasteiger partial charge < -0.3 is 9.57 Å². The van der Waals surface area contributed by atoms with Gasteiger partial charge in [0.1, 0.15) is 6.61 Å². The van der Waals surface area contributed by atoms with Crippen molar-refractivity contribution >= 4 is 17.5 Å². The molecule has 132 valence electrons. The second-order valence-electron chi connectivity index (χ2n) is 5.63. The molecule has 5 nitrogen and oxygen atoms in total. The Hall–Kier alpha value is -2.17. The standard InChI is InChI=1S/C19H27NO4/c1-3-4-5-6-7-11-14-17(21)18(19(22)23-2)20-24-15-16-12-9-8-10-13-16/h8-10,12-13H,3-7,11,14-15H2,1-2H3/b20-18+. The Balaban J connectivity index is 2.46. The topological polar surface area (TPSA) is 65.0 Å². The molecule has 24 heavy (non-hydrogen) atoms. The largest absolute Gasteiger partial charge is 0.464 e. The number of Topliss-reactive ketones (excluding diaryl/α,β-unsaturated/α-hetero) is 1. The number of hydrogen-bond donors (Lipinski definition) is 0. The Morgan fingerprint density at radius 3 is 2.33 bits per heavy atom. The van der Waals surface area contributed by atoms with Gasteiger partial charge in [0, 0.05) is 6.42 Å². The van der Waals surface area contributed by atoms with Crippen molar-refractivity contribution in [1.29, 1.82) is 0 Å². The molecule has 1 aromatic rings. The first kappa shape index (κ1) is 19.9. The van der Waals surface area contributed by atoms with Crippen molar-refractivity contribution in [2.24, 2.45) is 5.16 Å². The second kappa shape index (κ2) is 12.3. The summed E-state index contributed by atoms with van der Waals surface area (Å²) in [6.07, 6.45) is 6.71. The molecular formula is C19H27NO4. The zero-order valence-corrected chi connectivity index (χ0v) is 14.6. The van der Waals surface area contributed by atoms with Crippen LogP contribution < -0.4 is 0 Å². The molecule has 0 aliphatic heterocycles. The molecule has 0 saturated carbocycles. The summed E-state index contributed by atoms with van der Waals surface area (Å²) >= 11 is 0. The number of unbranched alkanes of at least 4 members (excludes halogenated alkanes) is 5. The van der Waals surface area contributed by atoms with Gasteiger partial charge in [0.05, 0.1) is 7.11 Å². The number of ether oxygens (including phenoxy) is 1. The number of hydrogen-bond acceptors (Lipinski definition) is 5. The summed E-state index contributed by atoms with van der Waals surface area (Å²) in [5, 5.41) is 3.71. The van der Waals surface area contributed by atoms with E-state index in [1.807, 2.05) is 30.3 Å². The number of carbonyl (C=O) groups excluding carboxylic acids is 2. The molecule has 0 N–H and O–H groups in total. The highest BCUT2D eigenvalue weighted by Gasteiger charge is 2.21. The Morgan fingerprint density at radius 2 is 1.67 bits per heavy atom. The van der Waals surface area contributed by atoms with Crippen LogP contribution in [0.15, 0.2) is 35.5 Å². The summed E-state index contributed by atoms with van der Waals surface area (Å²) in [7, 11) is 1.23. The molecule has 0 aliphatic carbocycles. The molecule has 1 rings (SSSR count). The fraction of sp³-hybridized carbons (Fsp3) is 0.526. The SMILES string of the molecule is CCCCCCCCC(=O)/C(=N\OCc1ccccc1)C(=O)OC. The van der Waals surface area contributed by atoms with Crippen LogP contribution in [0.4, 0.5) is 0 Å². The molecule has 0 saturated heterocycles. The average Bonchev–Trinajstić information content (AvgIpc) is 2.61. The molecule has 0 heterocycles. The van der Waals surface area contributed by atoms with Gasteiger partial charge >= 0.3 is 5.97 Å². The Bertz CT molecular complexity index is 525. The monoisotopic (exact) mass is 333 g/mol. The number of nitrogens with zero attached hydrogens (tertiary/aromatic N) is 1. The average molecular weight is 333 g/mol. The summed E-state index contributed by atoms with van der Waals surface area (Å²) in [4.78, 5) is 29.0. The van der Waals surface area contributed by atoms with Crippen molar-refractivity contribution in [3.8, 4) is 0 Å². The third-order valence-corrected chi connectivity index (χ3v) is 3.63. The maximum absolute atomic E-state index is 12.2. The number of methoxy groups -OCH3 is 1. The summed E-state index contributed by atoms with van der Waals surface area (Å²) in [5.74, 6) is -1.08. The van der Waals surface area contributed by atoms with Crippen molar-refractivity contribution in [2.45, 2.75) is 58.5 Å². The van der Waals surface area contributed by atoms with E-state index in [1.54, 1.807) is 0 Å².